The number of carbonyl (C=O) groups excluding carboxylic acids is 2. The number of anilines is 1. The van der Waals surface area contributed by atoms with Crippen molar-refractivity contribution in [3.8, 4) is 0 Å². The number of hydrogen-bond acceptors (Lipinski definition) is 5. The number of nitrogens with one attached hydrogen (secondary N) is 1. The van der Waals surface area contributed by atoms with E-state index in [0.717, 1.165) is 16.0 Å². The summed E-state index contributed by atoms with van der Waals surface area (Å²) in [5.41, 5.74) is 7.07. The van der Waals surface area contributed by atoms with Crippen molar-refractivity contribution in [3.63, 3.8) is 0 Å². The Balaban J connectivity index is 1.54. The van der Waals surface area contributed by atoms with Gasteiger partial charge in [0.15, 0.2) is 0 Å². The van der Waals surface area contributed by atoms with E-state index in [1.165, 1.54) is 11.3 Å². The van der Waals surface area contributed by atoms with Crippen molar-refractivity contribution >= 4 is 28.2 Å². The van der Waals surface area contributed by atoms with Gasteiger partial charge < -0.3 is 16.2 Å². The smallest absolute Gasteiger partial charge is 0.251 e. The van der Waals surface area contributed by atoms with Gasteiger partial charge in [-0.3, -0.25) is 14.5 Å². The number of aryl methyl sites for hydroxylation is 1. The zero-order chi connectivity index (χ0) is 20.3. The highest BCUT2D eigenvalue weighted by atomic mass is 32.1. The molecule has 150 valence electrons. The van der Waals surface area contributed by atoms with Gasteiger partial charge in [0.05, 0.1) is 17.7 Å². The summed E-state index contributed by atoms with van der Waals surface area (Å²) in [6, 6.07) is 9.98. The van der Waals surface area contributed by atoms with Gasteiger partial charge >= 0.3 is 0 Å². The van der Waals surface area contributed by atoms with Crippen LogP contribution in [-0.2, 0) is 11.2 Å². The molecule has 2 aromatic rings. The number of nitrogens with two attached hydrogens (primary N) is 1. The van der Waals surface area contributed by atoms with Crippen LogP contribution in [0.3, 0.4) is 0 Å². The number of benzene rings is 1. The standard InChI is InChI=1S/C21H27N3O3S/c1-14-15(2)28-20(18(14)19(22)26)23-17(25)13-24-10-8-21(27,9-11-24)12-16-6-4-3-5-7-16/h3-7,27H,8-13H2,1-2H3,(H2,22,26)(H,23,25). The molecule has 0 spiro atoms. The van der Waals surface area contributed by atoms with Gasteiger partial charge in [-0.15, -0.1) is 11.3 Å². The molecular formula is C21H27N3O3S. The number of likely N-dealkylation sites (tertiary alicyclic amines) is 1. The summed E-state index contributed by atoms with van der Waals surface area (Å²) in [4.78, 5) is 27.2. The second-order valence-corrected chi connectivity index (χ2v) is 8.79. The highest BCUT2D eigenvalue weighted by molar-refractivity contribution is 7.16. The summed E-state index contributed by atoms with van der Waals surface area (Å²) in [6.07, 6.45) is 1.88. The number of primary amides is 1. The van der Waals surface area contributed by atoms with E-state index in [4.69, 9.17) is 5.73 Å². The Morgan fingerprint density at radius 1 is 1.21 bits per heavy atom. The van der Waals surface area contributed by atoms with E-state index in [-0.39, 0.29) is 12.5 Å². The largest absolute Gasteiger partial charge is 0.389 e. The fourth-order valence-electron chi connectivity index (χ4n) is 3.66. The zero-order valence-electron chi connectivity index (χ0n) is 16.3. The Bertz CT molecular complexity index is 855. The molecule has 3 rings (SSSR count). The first-order valence-electron chi connectivity index (χ1n) is 9.46. The molecule has 28 heavy (non-hydrogen) atoms. The minimum atomic E-state index is -0.727. The van der Waals surface area contributed by atoms with E-state index >= 15 is 0 Å². The van der Waals surface area contributed by atoms with Crippen molar-refractivity contribution in [2.24, 2.45) is 5.73 Å². The molecule has 0 bridgehead atoms. The van der Waals surface area contributed by atoms with Gasteiger partial charge in [-0.25, -0.2) is 0 Å². The molecule has 1 aliphatic heterocycles. The number of piperidine rings is 1. The molecule has 1 saturated heterocycles. The number of nitrogens with zero attached hydrogens (tertiary/aromatic N) is 1. The van der Waals surface area contributed by atoms with E-state index in [0.29, 0.717) is 42.9 Å². The van der Waals surface area contributed by atoms with Crippen molar-refractivity contribution in [2.45, 2.75) is 38.7 Å². The monoisotopic (exact) mass is 401 g/mol. The summed E-state index contributed by atoms with van der Waals surface area (Å²) < 4.78 is 0. The lowest BCUT2D eigenvalue weighted by molar-refractivity contribution is -0.118. The molecule has 4 N–H and O–H groups in total. The lowest BCUT2D eigenvalue weighted by Gasteiger charge is -2.38. The normalized spacial score (nSPS) is 16.7. The molecule has 0 atom stereocenters. The van der Waals surface area contributed by atoms with E-state index in [2.05, 4.69) is 5.32 Å². The predicted octanol–water partition coefficient (Wildman–Crippen LogP) is 2.47. The second-order valence-electron chi connectivity index (χ2n) is 7.56. The van der Waals surface area contributed by atoms with Crippen molar-refractivity contribution in [1.29, 1.82) is 0 Å². The van der Waals surface area contributed by atoms with Crippen LogP contribution in [0.2, 0.25) is 0 Å². The van der Waals surface area contributed by atoms with Crippen LogP contribution in [0.25, 0.3) is 0 Å². The van der Waals surface area contributed by atoms with Crippen molar-refractivity contribution < 1.29 is 14.7 Å². The average molecular weight is 402 g/mol. The molecule has 2 heterocycles. The third kappa shape index (κ3) is 4.79. The first-order valence-corrected chi connectivity index (χ1v) is 10.3. The summed E-state index contributed by atoms with van der Waals surface area (Å²) in [5.74, 6) is -0.696. The lowest BCUT2D eigenvalue weighted by atomic mass is 9.85. The van der Waals surface area contributed by atoms with Gasteiger partial charge in [0.25, 0.3) is 5.91 Å². The van der Waals surface area contributed by atoms with Crippen LogP contribution in [0.15, 0.2) is 30.3 Å². The molecule has 1 aromatic carbocycles. The third-order valence-corrected chi connectivity index (χ3v) is 6.54. The fraction of sp³-hybridized carbons (Fsp3) is 0.429. The molecule has 0 saturated carbocycles. The minimum Gasteiger partial charge on any atom is -0.389 e. The Kier molecular flexibility index (Phi) is 6.17. The van der Waals surface area contributed by atoms with Gasteiger partial charge in [0.2, 0.25) is 5.91 Å². The molecule has 2 amide bonds. The molecular weight excluding hydrogens is 374 g/mol. The highest BCUT2D eigenvalue weighted by Gasteiger charge is 2.33. The van der Waals surface area contributed by atoms with Crippen LogP contribution in [-0.4, -0.2) is 47.1 Å². The van der Waals surface area contributed by atoms with Crippen LogP contribution >= 0.6 is 11.3 Å². The van der Waals surface area contributed by atoms with Gasteiger partial charge in [0, 0.05) is 24.4 Å². The first-order chi connectivity index (χ1) is 13.3. The molecule has 0 radical (unpaired) electrons. The Labute approximate surface area is 169 Å². The van der Waals surface area contributed by atoms with Crippen LogP contribution < -0.4 is 11.1 Å². The molecule has 0 unspecified atom stereocenters. The molecule has 6 nitrogen and oxygen atoms in total. The Hall–Kier alpha value is -2.22. The maximum Gasteiger partial charge on any atom is 0.251 e. The van der Waals surface area contributed by atoms with Crippen LogP contribution in [0.1, 0.15) is 39.2 Å². The number of carbonyl (C=O) groups is 2. The lowest BCUT2D eigenvalue weighted by Crippen LogP contribution is -2.47. The summed E-state index contributed by atoms with van der Waals surface area (Å²) >= 11 is 1.37. The van der Waals surface area contributed by atoms with E-state index < -0.39 is 11.5 Å². The Morgan fingerprint density at radius 2 is 1.86 bits per heavy atom. The van der Waals surface area contributed by atoms with E-state index in [9.17, 15) is 14.7 Å². The average Bonchev–Trinajstić information content (AvgIpc) is 2.91. The zero-order valence-corrected chi connectivity index (χ0v) is 17.1. The predicted molar refractivity (Wildman–Crippen MR) is 112 cm³/mol. The van der Waals surface area contributed by atoms with Crippen LogP contribution in [0.4, 0.5) is 5.00 Å². The topological polar surface area (TPSA) is 95.7 Å². The Morgan fingerprint density at radius 3 is 2.46 bits per heavy atom. The molecule has 1 aromatic heterocycles. The first kappa shape index (κ1) is 20.5. The highest BCUT2D eigenvalue weighted by Crippen LogP contribution is 2.32. The van der Waals surface area contributed by atoms with Gasteiger partial charge in [0.1, 0.15) is 5.00 Å². The maximum absolute atomic E-state index is 12.5. The second kappa shape index (κ2) is 8.43. The van der Waals surface area contributed by atoms with E-state index in [1.807, 2.05) is 49.1 Å². The van der Waals surface area contributed by atoms with Gasteiger partial charge in [-0.05, 0) is 37.8 Å². The van der Waals surface area contributed by atoms with Crippen molar-refractivity contribution in [1.82, 2.24) is 4.90 Å². The number of amides is 2. The van der Waals surface area contributed by atoms with E-state index in [1.54, 1.807) is 0 Å². The molecule has 0 aliphatic carbocycles. The summed E-state index contributed by atoms with van der Waals surface area (Å²) in [5, 5.41) is 14.2. The summed E-state index contributed by atoms with van der Waals surface area (Å²) in [6.45, 7) is 5.28. The molecule has 1 fully saturated rings. The molecule has 7 heteroatoms. The van der Waals surface area contributed by atoms with Gasteiger partial charge in [-0.1, -0.05) is 30.3 Å². The number of aliphatic hydroxyl groups is 1. The van der Waals surface area contributed by atoms with Crippen molar-refractivity contribution in [3.05, 3.63) is 51.9 Å². The SMILES string of the molecule is Cc1sc(NC(=O)CN2CCC(O)(Cc3ccccc3)CC2)c(C(N)=O)c1C. The van der Waals surface area contributed by atoms with Gasteiger partial charge in [-0.2, -0.15) is 0 Å². The molecule has 1 aliphatic rings. The maximum atomic E-state index is 12.5. The minimum absolute atomic E-state index is 0.169. The fourth-order valence-corrected chi connectivity index (χ4v) is 4.74. The summed E-state index contributed by atoms with van der Waals surface area (Å²) in [7, 11) is 0. The number of hydrogen-bond donors (Lipinski definition) is 3. The quantitative estimate of drug-likeness (QED) is 0.693. The van der Waals surface area contributed by atoms with Crippen LogP contribution in [0.5, 0.6) is 0 Å². The van der Waals surface area contributed by atoms with Crippen LogP contribution in [0, 0.1) is 13.8 Å². The number of rotatable bonds is 6. The number of thiophene rings is 1. The third-order valence-electron chi connectivity index (χ3n) is 5.41. The van der Waals surface area contributed by atoms with Crippen molar-refractivity contribution in [2.75, 3.05) is 25.0 Å².